The van der Waals surface area contributed by atoms with Crippen LogP contribution in [0.2, 0.25) is 0 Å². The van der Waals surface area contributed by atoms with Gasteiger partial charge in [-0.25, -0.2) is 0 Å². The molecule has 0 aliphatic carbocycles. The Bertz CT molecular complexity index is 738. The first-order chi connectivity index (χ1) is 13.4. The first-order valence-electron chi connectivity index (χ1n) is 10.7. The zero-order valence-electron chi connectivity index (χ0n) is 16.8. The number of unbranched alkanes of at least 4 members (excludes halogenated alkanes) is 6. The highest BCUT2D eigenvalue weighted by Gasteiger charge is 2.25. The van der Waals surface area contributed by atoms with E-state index in [0.717, 1.165) is 25.9 Å². The SMILES string of the molecule is CCCCCCCCC#C[C@@H]1c2ccccc2CCN1Cc1ccccc1. The average Bonchev–Trinajstić information content (AvgIpc) is 2.72. The lowest BCUT2D eigenvalue weighted by Crippen LogP contribution is -2.34. The van der Waals surface area contributed by atoms with E-state index in [4.69, 9.17) is 0 Å². The van der Waals surface area contributed by atoms with Crippen LogP contribution in [-0.2, 0) is 13.0 Å². The van der Waals surface area contributed by atoms with Gasteiger partial charge in [0, 0.05) is 19.5 Å². The molecule has 3 rings (SSSR count). The fraction of sp³-hybridized carbons (Fsp3) is 0.462. The van der Waals surface area contributed by atoms with Gasteiger partial charge in [-0.3, -0.25) is 4.90 Å². The van der Waals surface area contributed by atoms with Gasteiger partial charge < -0.3 is 0 Å². The van der Waals surface area contributed by atoms with E-state index in [0.29, 0.717) is 0 Å². The van der Waals surface area contributed by atoms with E-state index in [-0.39, 0.29) is 6.04 Å². The Balaban J connectivity index is 1.63. The van der Waals surface area contributed by atoms with Crippen LogP contribution in [0.3, 0.4) is 0 Å². The molecule has 0 spiro atoms. The summed E-state index contributed by atoms with van der Waals surface area (Å²) in [5.74, 6) is 7.14. The highest BCUT2D eigenvalue weighted by molar-refractivity contribution is 5.37. The Morgan fingerprint density at radius 1 is 0.889 bits per heavy atom. The van der Waals surface area contributed by atoms with Crippen LogP contribution in [0.1, 0.15) is 74.6 Å². The van der Waals surface area contributed by atoms with Gasteiger partial charge in [0.15, 0.2) is 0 Å². The molecule has 2 aromatic rings. The molecule has 1 heterocycles. The number of hydrogen-bond donors (Lipinski definition) is 0. The van der Waals surface area contributed by atoms with E-state index in [1.165, 1.54) is 55.2 Å². The minimum Gasteiger partial charge on any atom is -0.281 e. The molecule has 2 aromatic carbocycles. The lowest BCUT2D eigenvalue weighted by Gasteiger charge is -2.34. The normalized spacial score (nSPS) is 16.4. The minimum absolute atomic E-state index is 0.232. The van der Waals surface area contributed by atoms with Crippen LogP contribution in [0.25, 0.3) is 0 Å². The van der Waals surface area contributed by atoms with Gasteiger partial charge in [-0.2, -0.15) is 0 Å². The Morgan fingerprint density at radius 2 is 1.63 bits per heavy atom. The van der Waals surface area contributed by atoms with Crippen molar-refractivity contribution in [1.29, 1.82) is 0 Å². The summed E-state index contributed by atoms with van der Waals surface area (Å²) in [6.07, 6.45) is 10.2. The summed E-state index contributed by atoms with van der Waals surface area (Å²) in [5.41, 5.74) is 4.26. The van der Waals surface area contributed by atoms with Crippen molar-refractivity contribution >= 4 is 0 Å². The maximum absolute atomic E-state index is 3.63. The minimum atomic E-state index is 0.232. The van der Waals surface area contributed by atoms with E-state index in [1.54, 1.807) is 0 Å². The summed E-state index contributed by atoms with van der Waals surface area (Å²) in [4.78, 5) is 2.55. The predicted octanol–water partition coefficient (Wildman–Crippen LogP) is 6.54. The van der Waals surface area contributed by atoms with Crippen molar-refractivity contribution in [3.8, 4) is 11.8 Å². The maximum Gasteiger partial charge on any atom is 0.0976 e. The van der Waals surface area contributed by atoms with Crippen LogP contribution in [-0.4, -0.2) is 11.4 Å². The highest BCUT2D eigenvalue weighted by Crippen LogP contribution is 2.30. The van der Waals surface area contributed by atoms with Crippen LogP contribution in [0.4, 0.5) is 0 Å². The summed E-state index contributed by atoms with van der Waals surface area (Å²) in [7, 11) is 0. The largest absolute Gasteiger partial charge is 0.281 e. The molecule has 0 saturated carbocycles. The van der Waals surface area contributed by atoms with Crippen LogP contribution < -0.4 is 0 Å². The van der Waals surface area contributed by atoms with Gasteiger partial charge in [-0.05, 0) is 29.5 Å². The van der Waals surface area contributed by atoms with Gasteiger partial charge in [0.05, 0.1) is 6.04 Å². The summed E-state index contributed by atoms with van der Waals surface area (Å²) >= 11 is 0. The fourth-order valence-corrected chi connectivity index (χ4v) is 3.94. The van der Waals surface area contributed by atoms with Crippen LogP contribution in [0.15, 0.2) is 54.6 Å². The molecule has 0 N–H and O–H groups in total. The van der Waals surface area contributed by atoms with Gasteiger partial charge in [0.25, 0.3) is 0 Å². The van der Waals surface area contributed by atoms with Crippen LogP contribution >= 0.6 is 0 Å². The molecular formula is C26H33N. The monoisotopic (exact) mass is 359 g/mol. The van der Waals surface area contributed by atoms with Gasteiger partial charge in [-0.15, -0.1) is 5.92 Å². The molecule has 142 valence electrons. The van der Waals surface area contributed by atoms with E-state index in [2.05, 4.69) is 78.3 Å². The molecular weight excluding hydrogens is 326 g/mol. The second-order valence-corrected chi connectivity index (χ2v) is 7.65. The first kappa shape index (κ1) is 19.7. The van der Waals surface area contributed by atoms with Crippen molar-refractivity contribution in [2.45, 2.75) is 70.9 Å². The second kappa shape index (κ2) is 11.0. The molecule has 0 saturated heterocycles. The van der Waals surface area contributed by atoms with E-state index in [1.807, 2.05) is 0 Å². The van der Waals surface area contributed by atoms with Crippen molar-refractivity contribution in [2.75, 3.05) is 6.54 Å². The fourth-order valence-electron chi connectivity index (χ4n) is 3.94. The molecule has 0 bridgehead atoms. The third-order valence-electron chi connectivity index (χ3n) is 5.51. The summed E-state index contributed by atoms with van der Waals surface area (Å²) < 4.78 is 0. The molecule has 0 aromatic heterocycles. The summed E-state index contributed by atoms with van der Waals surface area (Å²) in [6.45, 7) is 4.34. The molecule has 27 heavy (non-hydrogen) atoms. The van der Waals surface area contributed by atoms with Crippen molar-refractivity contribution in [2.24, 2.45) is 0 Å². The Labute approximate surface area is 165 Å². The number of benzene rings is 2. The predicted molar refractivity (Wildman–Crippen MR) is 116 cm³/mol. The van der Waals surface area contributed by atoms with E-state index < -0.39 is 0 Å². The van der Waals surface area contributed by atoms with Crippen molar-refractivity contribution in [1.82, 2.24) is 4.90 Å². The smallest absolute Gasteiger partial charge is 0.0976 e. The molecule has 0 amide bonds. The Morgan fingerprint density at radius 3 is 2.48 bits per heavy atom. The van der Waals surface area contributed by atoms with E-state index in [9.17, 15) is 0 Å². The van der Waals surface area contributed by atoms with Crippen molar-refractivity contribution in [3.05, 3.63) is 71.3 Å². The summed E-state index contributed by atoms with van der Waals surface area (Å²) in [6, 6.07) is 19.9. The van der Waals surface area contributed by atoms with Crippen LogP contribution in [0.5, 0.6) is 0 Å². The second-order valence-electron chi connectivity index (χ2n) is 7.65. The third-order valence-corrected chi connectivity index (χ3v) is 5.51. The number of hydrogen-bond acceptors (Lipinski definition) is 1. The van der Waals surface area contributed by atoms with Gasteiger partial charge in [0.1, 0.15) is 0 Å². The average molecular weight is 360 g/mol. The Hall–Kier alpha value is -2.04. The van der Waals surface area contributed by atoms with Gasteiger partial charge >= 0.3 is 0 Å². The molecule has 1 heteroatoms. The van der Waals surface area contributed by atoms with E-state index >= 15 is 0 Å². The zero-order valence-corrected chi connectivity index (χ0v) is 16.8. The molecule has 1 atom stereocenters. The summed E-state index contributed by atoms with van der Waals surface area (Å²) in [5, 5.41) is 0. The van der Waals surface area contributed by atoms with Gasteiger partial charge in [-0.1, -0.05) is 99.5 Å². The molecule has 0 radical (unpaired) electrons. The highest BCUT2D eigenvalue weighted by atomic mass is 15.2. The van der Waals surface area contributed by atoms with Crippen molar-refractivity contribution < 1.29 is 0 Å². The molecule has 0 unspecified atom stereocenters. The van der Waals surface area contributed by atoms with Crippen LogP contribution in [0, 0.1) is 11.8 Å². The zero-order chi connectivity index (χ0) is 18.7. The quantitative estimate of drug-likeness (QED) is 0.382. The molecule has 1 aliphatic heterocycles. The van der Waals surface area contributed by atoms with Gasteiger partial charge in [0.2, 0.25) is 0 Å². The molecule has 1 nitrogen and oxygen atoms in total. The Kier molecular flexibility index (Phi) is 8.00. The lowest BCUT2D eigenvalue weighted by atomic mass is 9.92. The first-order valence-corrected chi connectivity index (χ1v) is 10.7. The number of fused-ring (bicyclic) bond motifs is 1. The maximum atomic E-state index is 3.63. The van der Waals surface area contributed by atoms with Crippen molar-refractivity contribution in [3.63, 3.8) is 0 Å². The number of nitrogens with zero attached hydrogens (tertiary/aromatic N) is 1. The molecule has 0 fully saturated rings. The lowest BCUT2D eigenvalue weighted by molar-refractivity contribution is 0.216. The number of rotatable bonds is 8. The molecule has 1 aliphatic rings. The third kappa shape index (κ3) is 5.98. The topological polar surface area (TPSA) is 3.24 Å². The standard InChI is InChI=1S/C26H33N/c1-2-3-4-5-6-7-8-12-19-26-25-18-14-13-17-24(25)20-21-27(26)22-23-15-10-9-11-16-23/h9-11,13-18,26H,2-8,20-22H2,1H3/t26-/m1/s1.